The lowest BCUT2D eigenvalue weighted by atomic mass is 9.96. The minimum absolute atomic E-state index is 0.0567. The number of hydrazone groups is 1. The van der Waals surface area contributed by atoms with Gasteiger partial charge in [0.1, 0.15) is 0 Å². The maximum Gasteiger partial charge on any atom is 0.257 e. The molecule has 1 unspecified atom stereocenters. The molecular weight excluding hydrogens is 385 g/mol. The van der Waals surface area contributed by atoms with Crippen molar-refractivity contribution < 1.29 is 9.53 Å². The van der Waals surface area contributed by atoms with Crippen LogP contribution in [0.1, 0.15) is 5.56 Å². The van der Waals surface area contributed by atoms with Crippen molar-refractivity contribution >= 4 is 40.5 Å². The molecule has 0 saturated carbocycles. The monoisotopic (exact) mass is 403 g/mol. The zero-order valence-corrected chi connectivity index (χ0v) is 16.2. The van der Waals surface area contributed by atoms with E-state index in [-0.39, 0.29) is 11.8 Å². The van der Waals surface area contributed by atoms with Crippen molar-refractivity contribution in [2.24, 2.45) is 11.0 Å². The summed E-state index contributed by atoms with van der Waals surface area (Å²) in [4.78, 5) is 15.5. The average molecular weight is 404 g/mol. The molecule has 0 spiro atoms. The average Bonchev–Trinajstić information content (AvgIpc) is 3.02. The van der Waals surface area contributed by atoms with Crippen LogP contribution >= 0.6 is 23.2 Å². The Hall–Kier alpha value is -1.92. The van der Waals surface area contributed by atoms with E-state index in [0.29, 0.717) is 35.5 Å². The van der Waals surface area contributed by atoms with E-state index < -0.39 is 0 Å². The molecule has 140 valence electrons. The number of carbonyl (C=O) groups excluding carboxylic acids is 1. The van der Waals surface area contributed by atoms with Crippen molar-refractivity contribution in [1.82, 2.24) is 4.90 Å². The van der Waals surface area contributed by atoms with E-state index in [1.165, 1.54) is 5.01 Å². The molecular formula is C20H19Cl2N3O2. The summed E-state index contributed by atoms with van der Waals surface area (Å²) in [6, 6.07) is 14.9. The Morgan fingerprint density at radius 2 is 1.78 bits per heavy atom. The van der Waals surface area contributed by atoms with E-state index in [1.54, 1.807) is 18.2 Å². The fraction of sp³-hybridized carbons (Fsp3) is 0.300. The summed E-state index contributed by atoms with van der Waals surface area (Å²) in [7, 11) is 0. The first kappa shape index (κ1) is 18.4. The summed E-state index contributed by atoms with van der Waals surface area (Å²) in [6.45, 7) is 3.63. The van der Waals surface area contributed by atoms with Crippen LogP contribution in [-0.2, 0) is 9.53 Å². The van der Waals surface area contributed by atoms with Crippen LogP contribution < -0.4 is 5.01 Å². The van der Waals surface area contributed by atoms with Gasteiger partial charge < -0.3 is 4.74 Å². The van der Waals surface area contributed by atoms with Crippen molar-refractivity contribution in [2.45, 2.75) is 0 Å². The van der Waals surface area contributed by atoms with Crippen molar-refractivity contribution in [3.8, 4) is 0 Å². The summed E-state index contributed by atoms with van der Waals surface area (Å²) >= 11 is 12.2. The highest BCUT2D eigenvalue weighted by Crippen LogP contribution is 2.32. The van der Waals surface area contributed by atoms with Crippen LogP contribution in [-0.4, -0.2) is 49.4 Å². The normalized spacial score (nSPS) is 20.8. The maximum absolute atomic E-state index is 13.2. The highest BCUT2D eigenvalue weighted by atomic mass is 35.5. The second-order valence-corrected chi connectivity index (χ2v) is 7.38. The molecule has 27 heavy (non-hydrogen) atoms. The Balaban J connectivity index is 1.68. The van der Waals surface area contributed by atoms with Crippen LogP contribution in [0.3, 0.4) is 0 Å². The van der Waals surface area contributed by atoms with Crippen LogP contribution in [0.15, 0.2) is 53.6 Å². The minimum Gasteiger partial charge on any atom is -0.379 e. The number of carbonyl (C=O) groups is 1. The molecule has 0 N–H and O–H groups in total. The zero-order chi connectivity index (χ0) is 18.8. The summed E-state index contributed by atoms with van der Waals surface area (Å²) in [5.74, 6) is -0.390. The van der Waals surface area contributed by atoms with E-state index >= 15 is 0 Å². The van der Waals surface area contributed by atoms with Gasteiger partial charge in [0.15, 0.2) is 0 Å². The second kappa shape index (κ2) is 7.98. The van der Waals surface area contributed by atoms with Gasteiger partial charge in [-0.3, -0.25) is 9.69 Å². The van der Waals surface area contributed by atoms with Gasteiger partial charge in [0.2, 0.25) is 0 Å². The summed E-state index contributed by atoms with van der Waals surface area (Å²) in [6.07, 6.45) is 0. The van der Waals surface area contributed by atoms with E-state index in [0.717, 1.165) is 24.4 Å². The molecule has 0 aliphatic carbocycles. The van der Waals surface area contributed by atoms with Crippen LogP contribution in [0, 0.1) is 5.92 Å². The molecule has 1 amide bonds. The third-order valence-electron chi connectivity index (χ3n) is 4.81. The number of rotatable bonds is 4. The lowest BCUT2D eigenvalue weighted by molar-refractivity contribution is -0.120. The smallest absolute Gasteiger partial charge is 0.257 e. The molecule has 4 rings (SSSR count). The molecule has 2 heterocycles. The lowest BCUT2D eigenvalue weighted by Crippen LogP contribution is -2.43. The maximum atomic E-state index is 13.2. The highest BCUT2D eigenvalue weighted by Gasteiger charge is 2.38. The lowest BCUT2D eigenvalue weighted by Gasteiger charge is -2.28. The van der Waals surface area contributed by atoms with Gasteiger partial charge in [-0.15, -0.1) is 0 Å². The number of halogens is 2. The number of hydrogen-bond acceptors (Lipinski definition) is 4. The van der Waals surface area contributed by atoms with Crippen molar-refractivity contribution in [3.63, 3.8) is 0 Å². The van der Waals surface area contributed by atoms with Crippen LogP contribution in [0.25, 0.3) is 0 Å². The first-order valence-corrected chi connectivity index (χ1v) is 9.62. The number of ether oxygens (including phenoxy) is 1. The van der Waals surface area contributed by atoms with Crippen LogP contribution in [0.2, 0.25) is 10.0 Å². The number of anilines is 1. The van der Waals surface area contributed by atoms with Gasteiger partial charge >= 0.3 is 0 Å². The quantitative estimate of drug-likeness (QED) is 0.781. The fourth-order valence-corrected chi connectivity index (χ4v) is 3.66. The third-order valence-corrected chi connectivity index (χ3v) is 5.55. The van der Waals surface area contributed by atoms with E-state index in [1.807, 2.05) is 30.3 Å². The van der Waals surface area contributed by atoms with Gasteiger partial charge in [-0.2, -0.15) is 10.1 Å². The second-order valence-electron chi connectivity index (χ2n) is 6.57. The molecule has 2 aliphatic rings. The first-order chi connectivity index (χ1) is 13.1. The van der Waals surface area contributed by atoms with Crippen LogP contribution in [0.4, 0.5) is 5.69 Å². The third kappa shape index (κ3) is 3.87. The fourth-order valence-electron chi connectivity index (χ4n) is 3.37. The number of hydrogen-bond donors (Lipinski definition) is 0. The molecule has 1 fully saturated rings. The largest absolute Gasteiger partial charge is 0.379 e. The molecule has 5 nitrogen and oxygen atoms in total. The molecule has 1 saturated heterocycles. The first-order valence-electron chi connectivity index (χ1n) is 8.86. The Morgan fingerprint density at radius 3 is 2.48 bits per heavy atom. The Labute approximate surface area is 168 Å². The SMILES string of the molecule is O=C1C(CN2CCOCC2)C(c2ccccc2)=NN1c1ccc(Cl)c(Cl)c1. The summed E-state index contributed by atoms with van der Waals surface area (Å²) in [5.41, 5.74) is 2.34. The highest BCUT2D eigenvalue weighted by molar-refractivity contribution is 6.42. The van der Waals surface area contributed by atoms with Gasteiger partial charge in [0.25, 0.3) is 5.91 Å². The van der Waals surface area contributed by atoms with Gasteiger partial charge in [-0.05, 0) is 23.8 Å². The predicted octanol–water partition coefficient (Wildman–Crippen LogP) is 3.69. The topological polar surface area (TPSA) is 45.1 Å². The summed E-state index contributed by atoms with van der Waals surface area (Å²) in [5, 5.41) is 6.95. The molecule has 0 radical (unpaired) electrons. The Morgan fingerprint density at radius 1 is 1.04 bits per heavy atom. The number of benzene rings is 2. The van der Waals surface area contributed by atoms with E-state index in [4.69, 9.17) is 27.9 Å². The number of nitrogens with zero attached hydrogens (tertiary/aromatic N) is 3. The van der Waals surface area contributed by atoms with Crippen molar-refractivity contribution in [1.29, 1.82) is 0 Å². The van der Waals surface area contributed by atoms with Gasteiger partial charge in [0.05, 0.1) is 40.6 Å². The minimum atomic E-state index is -0.333. The van der Waals surface area contributed by atoms with Gasteiger partial charge in [0, 0.05) is 19.6 Å². The Bertz CT molecular complexity index is 867. The van der Waals surface area contributed by atoms with Gasteiger partial charge in [-0.25, -0.2) is 0 Å². The molecule has 7 heteroatoms. The van der Waals surface area contributed by atoms with Gasteiger partial charge in [-0.1, -0.05) is 53.5 Å². The number of morpholine rings is 1. The number of amides is 1. The van der Waals surface area contributed by atoms with Crippen molar-refractivity contribution in [2.75, 3.05) is 37.9 Å². The molecule has 2 aromatic carbocycles. The standard InChI is InChI=1S/C20H19Cl2N3O2/c21-17-7-6-15(12-18(17)22)25-20(26)16(13-24-8-10-27-11-9-24)19(23-25)14-4-2-1-3-5-14/h1-7,12,16H,8-11,13H2. The van der Waals surface area contributed by atoms with Crippen molar-refractivity contribution in [3.05, 3.63) is 64.1 Å². The molecule has 0 bridgehead atoms. The molecule has 2 aliphatic heterocycles. The predicted molar refractivity (Wildman–Crippen MR) is 108 cm³/mol. The zero-order valence-electron chi connectivity index (χ0n) is 14.6. The van der Waals surface area contributed by atoms with E-state index in [9.17, 15) is 4.79 Å². The molecule has 1 atom stereocenters. The summed E-state index contributed by atoms with van der Waals surface area (Å²) < 4.78 is 5.42. The molecule has 2 aromatic rings. The Kier molecular flexibility index (Phi) is 5.45. The van der Waals surface area contributed by atoms with E-state index in [2.05, 4.69) is 10.0 Å². The molecule has 0 aromatic heterocycles. The van der Waals surface area contributed by atoms with Crippen LogP contribution in [0.5, 0.6) is 0 Å².